The van der Waals surface area contributed by atoms with E-state index in [1.807, 2.05) is 4.72 Å². The van der Waals surface area contributed by atoms with Gasteiger partial charge in [-0.2, -0.15) is 4.72 Å². The summed E-state index contributed by atoms with van der Waals surface area (Å²) in [5.74, 6) is -0.819. The molecule has 6 nitrogen and oxygen atoms in total. The van der Waals surface area contributed by atoms with Crippen LogP contribution in [0.5, 0.6) is 0 Å². The molecular weight excluding hydrogens is 198 g/mol. The number of hydrogen-bond donors (Lipinski definition) is 2. The van der Waals surface area contributed by atoms with Crippen LogP contribution in [0.2, 0.25) is 0 Å². The molecule has 7 heteroatoms. The molecule has 2 N–H and O–H groups in total. The molecule has 0 aliphatic heterocycles. The molecule has 0 aromatic heterocycles. The van der Waals surface area contributed by atoms with Crippen LogP contribution in [0.1, 0.15) is 6.92 Å². The highest BCUT2D eigenvalue weighted by atomic mass is 32.2. The fourth-order valence-corrected chi connectivity index (χ4v) is 1.46. The van der Waals surface area contributed by atoms with Gasteiger partial charge in [0.1, 0.15) is 6.04 Å². The maximum Gasteiger partial charge on any atom is 0.326 e. The van der Waals surface area contributed by atoms with Crippen LogP contribution in [0, 0.1) is 0 Å². The standard InChI is InChI=1S/C6H13NO5S/c1-4(8)5(6(9)12-2)7-13(3,10)11/h4-5,7-8H,1-3H3/t4-,5-/m1/s1. The van der Waals surface area contributed by atoms with Crippen molar-refractivity contribution in [2.75, 3.05) is 13.4 Å². The van der Waals surface area contributed by atoms with Crippen molar-refractivity contribution >= 4 is 16.0 Å². The Labute approximate surface area is 76.9 Å². The molecule has 0 aromatic carbocycles. The molecule has 0 unspecified atom stereocenters. The molecule has 0 radical (unpaired) electrons. The predicted molar refractivity (Wildman–Crippen MR) is 45.5 cm³/mol. The summed E-state index contributed by atoms with van der Waals surface area (Å²) in [6, 6.07) is -1.25. The number of carbonyl (C=O) groups is 1. The zero-order valence-corrected chi connectivity index (χ0v) is 8.46. The Kier molecular flexibility index (Phi) is 4.31. The third-order valence-corrected chi connectivity index (χ3v) is 1.96. The number of aliphatic hydroxyl groups is 1. The van der Waals surface area contributed by atoms with E-state index in [2.05, 4.69) is 4.74 Å². The minimum Gasteiger partial charge on any atom is -0.468 e. The van der Waals surface area contributed by atoms with Crippen molar-refractivity contribution in [1.82, 2.24) is 4.72 Å². The van der Waals surface area contributed by atoms with E-state index < -0.39 is 28.1 Å². The zero-order chi connectivity index (χ0) is 10.6. The van der Waals surface area contributed by atoms with Crippen molar-refractivity contribution in [2.45, 2.75) is 19.1 Å². The van der Waals surface area contributed by atoms with Gasteiger partial charge in [0.2, 0.25) is 10.0 Å². The molecule has 0 aliphatic carbocycles. The molecule has 0 rings (SSSR count). The Hall–Kier alpha value is -0.660. The van der Waals surface area contributed by atoms with Crippen LogP contribution in [-0.4, -0.2) is 45.0 Å². The summed E-state index contributed by atoms with van der Waals surface area (Å²) in [5.41, 5.74) is 0. The van der Waals surface area contributed by atoms with Crippen LogP contribution in [0.25, 0.3) is 0 Å². The van der Waals surface area contributed by atoms with Crippen molar-refractivity contribution in [1.29, 1.82) is 0 Å². The van der Waals surface area contributed by atoms with Crippen molar-refractivity contribution in [3.63, 3.8) is 0 Å². The van der Waals surface area contributed by atoms with Gasteiger partial charge in [0.15, 0.2) is 0 Å². The molecule has 78 valence electrons. The highest BCUT2D eigenvalue weighted by molar-refractivity contribution is 7.88. The van der Waals surface area contributed by atoms with Gasteiger partial charge in [0.25, 0.3) is 0 Å². The number of sulfonamides is 1. The number of esters is 1. The van der Waals surface area contributed by atoms with E-state index in [0.717, 1.165) is 13.4 Å². The zero-order valence-electron chi connectivity index (χ0n) is 7.64. The van der Waals surface area contributed by atoms with Gasteiger partial charge < -0.3 is 9.84 Å². The average Bonchev–Trinajstić information content (AvgIpc) is 1.96. The summed E-state index contributed by atoms with van der Waals surface area (Å²) >= 11 is 0. The monoisotopic (exact) mass is 211 g/mol. The van der Waals surface area contributed by atoms with Gasteiger partial charge in [-0.15, -0.1) is 0 Å². The molecule has 0 amide bonds. The van der Waals surface area contributed by atoms with E-state index in [9.17, 15) is 13.2 Å². The van der Waals surface area contributed by atoms with Crippen molar-refractivity contribution < 1.29 is 23.1 Å². The number of methoxy groups -OCH3 is 1. The van der Waals surface area contributed by atoms with Gasteiger partial charge in [-0.05, 0) is 6.92 Å². The second-order valence-electron chi connectivity index (χ2n) is 2.63. The molecule has 0 saturated carbocycles. The molecule has 0 spiro atoms. The van der Waals surface area contributed by atoms with Gasteiger partial charge in [0.05, 0.1) is 19.5 Å². The first-order valence-corrected chi connectivity index (χ1v) is 5.40. The molecule has 0 heterocycles. The average molecular weight is 211 g/mol. The Morgan fingerprint density at radius 2 is 2.00 bits per heavy atom. The number of nitrogens with one attached hydrogen (secondary N) is 1. The van der Waals surface area contributed by atoms with Crippen LogP contribution in [0.15, 0.2) is 0 Å². The van der Waals surface area contributed by atoms with Gasteiger partial charge >= 0.3 is 5.97 Å². The van der Waals surface area contributed by atoms with Crippen molar-refractivity contribution in [3.8, 4) is 0 Å². The number of aliphatic hydroxyl groups excluding tert-OH is 1. The number of carbonyl (C=O) groups excluding carboxylic acids is 1. The summed E-state index contributed by atoms with van der Waals surface area (Å²) in [6.07, 6.45) is -0.243. The predicted octanol–water partition coefficient (Wildman–Crippen LogP) is -1.54. The first kappa shape index (κ1) is 12.3. The summed E-state index contributed by atoms with van der Waals surface area (Å²) in [7, 11) is -2.42. The van der Waals surface area contributed by atoms with Gasteiger partial charge in [-0.25, -0.2) is 8.42 Å². The van der Waals surface area contributed by atoms with Crippen LogP contribution < -0.4 is 4.72 Å². The molecular formula is C6H13NO5S. The number of hydrogen-bond acceptors (Lipinski definition) is 5. The van der Waals surface area contributed by atoms with E-state index >= 15 is 0 Å². The smallest absolute Gasteiger partial charge is 0.326 e. The van der Waals surface area contributed by atoms with Gasteiger partial charge in [0, 0.05) is 0 Å². The summed E-state index contributed by atoms with van der Waals surface area (Å²) in [4.78, 5) is 10.9. The second-order valence-corrected chi connectivity index (χ2v) is 4.41. The lowest BCUT2D eigenvalue weighted by atomic mass is 10.2. The fraction of sp³-hybridized carbons (Fsp3) is 0.833. The van der Waals surface area contributed by atoms with Crippen molar-refractivity contribution in [3.05, 3.63) is 0 Å². The van der Waals surface area contributed by atoms with Gasteiger partial charge in [-0.3, -0.25) is 4.79 Å². The Morgan fingerprint density at radius 1 is 1.54 bits per heavy atom. The maximum atomic E-state index is 10.9. The largest absolute Gasteiger partial charge is 0.468 e. The quantitative estimate of drug-likeness (QED) is 0.550. The molecule has 0 fully saturated rings. The minimum absolute atomic E-state index is 0.819. The molecule has 2 atom stereocenters. The fourth-order valence-electron chi connectivity index (χ4n) is 0.701. The van der Waals surface area contributed by atoms with E-state index in [1.54, 1.807) is 0 Å². The SMILES string of the molecule is COC(=O)[C@H](NS(C)(=O)=O)[C@@H](C)O. The Bertz CT molecular complexity index is 271. The van der Waals surface area contributed by atoms with Crippen LogP contribution >= 0.6 is 0 Å². The first-order valence-electron chi connectivity index (χ1n) is 3.51. The molecule has 0 aromatic rings. The van der Waals surface area contributed by atoms with Crippen molar-refractivity contribution in [2.24, 2.45) is 0 Å². The Morgan fingerprint density at radius 3 is 2.23 bits per heavy atom. The topological polar surface area (TPSA) is 92.7 Å². The normalized spacial score (nSPS) is 16.3. The van der Waals surface area contributed by atoms with Crippen LogP contribution in [-0.2, 0) is 19.6 Å². The summed E-state index contributed by atoms with van der Waals surface area (Å²) in [6.45, 7) is 1.29. The lowest BCUT2D eigenvalue weighted by Gasteiger charge is -2.17. The lowest BCUT2D eigenvalue weighted by molar-refractivity contribution is -0.145. The highest BCUT2D eigenvalue weighted by Crippen LogP contribution is 1.97. The van der Waals surface area contributed by atoms with Gasteiger partial charge in [-0.1, -0.05) is 0 Å². The number of ether oxygens (including phenoxy) is 1. The van der Waals surface area contributed by atoms with Crippen LogP contribution in [0.3, 0.4) is 0 Å². The van der Waals surface area contributed by atoms with E-state index in [4.69, 9.17) is 5.11 Å². The second kappa shape index (κ2) is 4.54. The third kappa shape index (κ3) is 4.81. The highest BCUT2D eigenvalue weighted by Gasteiger charge is 2.27. The summed E-state index contributed by atoms with van der Waals surface area (Å²) < 4.78 is 27.7. The molecule has 13 heavy (non-hydrogen) atoms. The van der Waals surface area contributed by atoms with Crippen LogP contribution in [0.4, 0.5) is 0 Å². The molecule has 0 aliphatic rings. The number of rotatable bonds is 4. The third-order valence-electron chi connectivity index (χ3n) is 1.28. The summed E-state index contributed by atoms with van der Waals surface area (Å²) in [5, 5.41) is 9.05. The molecule has 0 bridgehead atoms. The van der Waals surface area contributed by atoms with E-state index in [0.29, 0.717) is 0 Å². The first-order chi connectivity index (χ1) is 5.78. The Balaban J connectivity index is 4.55. The minimum atomic E-state index is -3.53. The lowest BCUT2D eigenvalue weighted by Crippen LogP contribution is -2.47. The maximum absolute atomic E-state index is 10.9. The molecule has 0 saturated heterocycles. The van der Waals surface area contributed by atoms with E-state index in [-0.39, 0.29) is 0 Å². The van der Waals surface area contributed by atoms with E-state index in [1.165, 1.54) is 6.92 Å².